The number of nitrogens with one attached hydrogen (secondary N) is 2. The molecule has 0 aliphatic carbocycles. The molecule has 0 unspecified atom stereocenters. The molecule has 0 bridgehead atoms. The van der Waals surface area contributed by atoms with Gasteiger partial charge in [-0.1, -0.05) is 41.6 Å². The van der Waals surface area contributed by atoms with E-state index in [1.54, 1.807) is 30.3 Å². The van der Waals surface area contributed by atoms with Crippen molar-refractivity contribution in [2.45, 2.75) is 75.9 Å². The number of nitrogens with zero attached hydrogens (tertiary/aromatic N) is 6. The van der Waals surface area contributed by atoms with Crippen molar-refractivity contribution in [1.82, 2.24) is 40.0 Å². The van der Waals surface area contributed by atoms with Crippen LogP contribution in [0, 0.1) is 5.82 Å². The molecule has 5 aromatic rings. The fraction of sp³-hybridized carbons (Fsp3) is 0.417. The van der Waals surface area contributed by atoms with E-state index in [0.29, 0.717) is 25.2 Å². The summed E-state index contributed by atoms with van der Waals surface area (Å²) < 4.78 is 110. The minimum absolute atomic E-state index is 0.0428. The summed E-state index contributed by atoms with van der Waals surface area (Å²) in [6.07, 6.45) is -8.21. The summed E-state index contributed by atoms with van der Waals surface area (Å²) in [5, 5.41) is 17.2. The normalized spacial score (nSPS) is 16.5. The number of hydrogen-bond donors (Lipinski definition) is 2. The van der Waals surface area contributed by atoms with Crippen molar-refractivity contribution in [3.63, 3.8) is 0 Å². The van der Waals surface area contributed by atoms with Gasteiger partial charge in [-0.3, -0.25) is 18.8 Å². The van der Waals surface area contributed by atoms with Crippen LogP contribution in [0.5, 0.6) is 0 Å². The van der Waals surface area contributed by atoms with Crippen molar-refractivity contribution in [2.24, 2.45) is 0 Å². The molecule has 55 heavy (non-hydrogen) atoms. The summed E-state index contributed by atoms with van der Waals surface area (Å²) in [4.78, 5) is 30.8. The molecule has 12 nitrogen and oxygen atoms in total. The number of furan rings is 1. The Bertz CT molecular complexity index is 2230. The van der Waals surface area contributed by atoms with Crippen LogP contribution in [0.2, 0.25) is 0 Å². The Hall–Kier alpha value is -5.14. The van der Waals surface area contributed by atoms with Crippen molar-refractivity contribution in [3.05, 3.63) is 133 Å². The Morgan fingerprint density at radius 2 is 1.67 bits per heavy atom. The lowest BCUT2D eigenvalue weighted by Crippen LogP contribution is -2.50. The highest BCUT2D eigenvalue weighted by molar-refractivity contribution is 5.35. The highest BCUT2D eigenvalue weighted by Gasteiger charge is 2.47. The van der Waals surface area contributed by atoms with Crippen molar-refractivity contribution in [2.75, 3.05) is 19.6 Å². The van der Waals surface area contributed by atoms with Gasteiger partial charge in [0.15, 0.2) is 5.82 Å². The summed E-state index contributed by atoms with van der Waals surface area (Å²) in [7, 11) is 0. The molecule has 1 fully saturated rings. The number of piperidine rings is 1. The van der Waals surface area contributed by atoms with E-state index < -0.39 is 64.5 Å². The average molecular weight is 777 g/mol. The van der Waals surface area contributed by atoms with Gasteiger partial charge >= 0.3 is 18.0 Å². The lowest BCUT2D eigenvalue weighted by atomic mass is 9.85. The van der Waals surface area contributed by atoms with Crippen LogP contribution in [-0.4, -0.2) is 54.3 Å². The van der Waals surface area contributed by atoms with E-state index in [-0.39, 0.29) is 62.6 Å². The number of benzene rings is 2. The summed E-state index contributed by atoms with van der Waals surface area (Å²) in [6, 6.07) is 13.0. The maximum Gasteiger partial charge on any atom is 0.449 e. The van der Waals surface area contributed by atoms with Crippen molar-refractivity contribution in [1.29, 1.82) is 0 Å². The van der Waals surface area contributed by atoms with Gasteiger partial charge in [-0.2, -0.15) is 31.6 Å². The van der Waals surface area contributed by atoms with E-state index in [1.165, 1.54) is 6.07 Å². The number of likely N-dealkylation sites (tertiary alicyclic amines) is 1. The maximum atomic E-state index is 15.3. The molecular formula is C36H35F7N8O4. The number of fused-ring (bicyclic) bond motifs is 2. The highest BCUT2D eigenvalue weighted by atomic mass is 19.4. The fourth-order valence-electron chi connectivity index (χ4n) is 7.36. The van der Waals surface area contributed by atoms with Gasteiger partial charge in [-0.15, -0.1) is 10.2 Å². The zero-order chi connectivity index (χ0) is 39.0. The number of aryl methyl sites for hydroxylation is 1. The predicted octanol–water partition coefficient (Wildman–Crippen LogP) is 5.33. The second kappa shape index (κ2) is 15.2. The number of tetrazole rings is 1. The van der Waals surface area contributed by atoms with Crippen molar-refractivity contribution in [3.8, 4) is 0 Å². The van der Waals surface area contributed by atoms with E-state index >= 15 is 4.39 Å². The van der Waals surface area contributed by atoms with Crippen molar-refractivity contribution >= 4 is 0 Å². The van der Waals surface area contributed by atoms with Crippen LogP contribution in [0.25, 0.3) is 0 Å². The Morgan fingerprint density at radius 1 is 0.909 bits per heavy atom. The molecule has 1 saturated heterocycles. The van der Waals surface area contributed by atoms with Crippen LogP contribution in [0.1, 0.15) is 70.6 Å². The Labute approximate surface area is 307 Å². The molecule has 2 aliphatic rings. The quantitative estimate of drug-likeness (QED) is 0.127. The van der Waals surface area contributed by atoms with Crippen LogP contribution >= 0.6 is 0 Å². The van der Waals surface area contributed by atoms with Crippen LogP contribution in [-0.2, 0) is 55.4 Å². The van der Waals surface area contributed by atoms with Gasteiger partial charge in [0.25, 0.3) is 5.56 Å². The number of rotatable bonds is 12. The molecular weight excluding hydrogens is 741 g/mol. The second-order valence-corrected chi connectivity index (χ2v) is 13.5. The molecule has 292 valence electrons. The predicted molar refractivity (Wildman–Crippen MR) is 180 cm³/mol. The van der Waals surface area contributed by atoms with Crippen LogP contribution in [0.15, 0.2) is 74.7 Å². The molecule has 0 radical (unpaired) electrons. The minimum atomic E-state index is -4.94. The molecule has 1 atom stereocenters. The van der Waals surface area contributed by atoms with Gasteiger partial charge in [0.05, 0.1) is 49.1 Å². The zero-order valence-electron chi connectivity index (χ0n) is 29.1. The third-order valence-corrected chi connectivity index (χ3v) is 10.1. The van der Waals surface area contributed by atoms with E-state index in [1.807, 2.05) is 4.90 Å². The molecule has 2 N–H and O–H groups in total. The first kappa shape index (κ1) is 38.1. The molecule has 3 aromatic heterocycles. The lowest BCUT2D eigenvalue weighted by molar-refractivity contribution is -0.153. The molecule has 0 amide bonds. The van der Waals surface area contributed by atoms with Crippen LogP contribution in [0.3, 0.4) is 0 Å². The van der Waals surface area contributed by atoms with E-state index in [2.05, 4.69) is 25.9 Å². The average Bonchev–Trinajstić information content (AvgIpc) is 3.92. The highest BCUT2D eigenvalue weighted by Crippen LogP contribution is 2.43. The summed E-state index contributed by atoms with van der Waals surface area (Å²) in [6.45, 7) is -0.422. The molecule has 0 saturated carbocycles. The SMILES string of the molecule is O=c1c2c(n(Cc3c(F)cccc3C(F)(F)F)c(=O)n1C[C@H](NCCCc1nn[nH]n1)c1ccccc1)COC21CCN(Cc2ccc(C(F)(F)F)o2)CC1. The number of aromatic nitrogens is 6. The fourth-order valence-corrected chi connectivity index (χ4v) is 7.36. The molecule has 1 spiro atoms. The third-order valence-electron chi connectivity index (χ3n) is 10.1. The number of aromatic amines is 1. The van der Waals surface area contributed by atoms with Crippen molar-refractivity contribution < 1.29 is 39.9 Å². The number of alkyl halides is 6. The van der Waals surface area contributed by atoms with Gasteiger partial charge < -0.3 is 14.5 Å². The number of H-pyrrole nitrogens is 1. The van der Waals surface area contributed by atoms with Gasteiger partial charge in [-0.05, 0) is 55.6 Å². The van der Waals surface area contributed by atoms with Gasteiger partial charge in [-0.25, -0.2) is 9.18 Å². The molecule has 5 heterocycles. The smallest absolute Gasteiger partial charge is 0.449 e. The number of halogens is 7. The zero-order valence-corrected chi connectivity index (χ0v) is 29.1. The van der Waals surface area contributed by atoms with Crippen LogP contribution in [0.4, 0.5) is 30.7 Å². The first-order valence-electron chi connectivity index (χ1n) is 17.5. The summed E-state index contributed by atoms with van der Waals surface area (Å²) in [5.41, 5.74) is -4.09. The van der Waals surface area contributed by atoms with E-state index in [9.17, 15) is 35.9 Å². The Balaban J connectivity index is 1.25. The van der Waals surface area contributed by atoms with Gasteiger partial charge in [0.1, 0.15) is 17.2 Å². The topological polar surface area (TPSA) is 136 Å². The van der Waals surface area contributed by atoms with E-state index in [4.69, 9.17) is 9.15 Å². The maximum absolute atomic E-state index is 15.3. The Morgan fingerprint density at radius 3 is 2.35 bits per heavy atom. The second-order valence-electron chi connectivity index (χ2n) is 13.5. The third kappa shape index (κ3) is 7.99. The molecule has 7 rings (SSSR count). The largest absolute Gasteiger partial charge is 0.455 e. The Kier molecular flexibility index (Phi) is 10.5. The lowest BCUT2D eigenvalue weighted by Gasteiger charge is -2.38. The monoisotopic (exact) mass is 776 g/mol. The first-order chi connectivity index (χ1) is 26.2. The van der Waals surface area contributed by atoms with Gasteiger partial charge in [0, 0.05) is 25.1 Å². The first-order valence-corrected chi connectivity index (χ1v) is 17.5. The molecule has 19 heteroatoms. The number of hydrogen-bond acceptors (Lipinski definition) is 9. The summed E-state index contributed by atoms with van der Waals surface area (Å²) >= 11 is 0. The van der Waals surface area contributed by atoms with Gasteiger partial charge in [0.2, 0.25) is 5.76 Å². The summed E-state index contributed by atoms with van der Waals surface area (Å²) in [5.74, 6) is -1.71. The van der Waals surface area contributed by atoms with Crippen LogP contribution < -0.4 is 16.6 Å². The van der Waals surface area contributed by atoms with E-state index in [0.717, 1.165) is 39.0 Å². The minimum Gasteiger partial charge on any atom is -0.455 e. The molecule has 2 aromatic carbocycles. The standard InChI is InChI=1S/C36H35F7N8O4/c37-26-9-4-8-25(35(38,39)40)24(26)19-50-28-21-54-34(13-16-49(17-14-34)18-23-11-12-29(55-23)36(41,42)43)31(28)32(52)51(33(50)53)20-27(22-6-2-1-3-7-22)44-15-5-10-30-45-47-48-46-30/h1-4,6-9,11-12,27,44H,5,10,13-21H2,(H,45,46,47,48)/t27-/m0/s1. The number of ether oxygens (including phenoxy) is 1. The molecule has 2 aliphatic heterocycles.